The molecule has 2 nitrogen and oxygen atoms in total. The van der Waals surface area contributed by atoms with Crippen molar-refractivity contribution in [1.82, 2.24) is 4.90 Å². The molecule has 2 aromatic rings. The van der Waals surface area contributed by atoms with Crippen molar-refractivity contribution in [3.63, 3.8) is 0 Å². The number of piperidine rings is 1. The maximum atomic E-state index is 12.5. The first-order valence-corrected chi connectivity index (χ1v) is 8.26. The van der Waals surface area contributed by atoms with Gasteiger partial charge in [0.15, 0.2) is 5.78 Å². The van der Waals surface area contributed by atoms with E-state index in [4.69, 9.17) is 11.6 Å². The van der Waals surface area contributed by atoms with Gasteiger partial charge in [0, 0.05) is 36.1 Å². The largest absolute Gasteiger partial charge is 0.294 e. The highest BCUT2D eigenvalue weighted by Crippen LogP contribution is 2.22. The Kier molecular flexibility index (Phi) is 4.94. The molecule has 0 bridgehead atoms. The SMILES string of the molecule is CC1CN(Cc2ccccc2)C/C(=C/c2ccc(Cl)cc2)C1=O. The standard InChI is InChI=1S/C20H20ClNO/c1-15-12-22(13-17-5-3-2-4-6-17)14-18(20(15)23)11-16-7-9-19(21)10-8-16/h2-11,15H,12-14H2,1H3/b18-11-. The average molecular weight is 326 g/mol. The Bertz CT molecular complexity index is 706. The van der Waals surface area contributed by atoms with Crippen molar-refractivity contribution in [3.05, 3.63) is 76.3 Å². The van der Waals surface area contributed by atoms with Crippen LogP contribution in [-0.2, 0) is 11.3 Å². The number of hydrogen-bond acceptors (Lipinski definition) is 2. The Morgan fingerprint density at radius 3 is 2.52 bits per heavy atom. The summed E-state index contributed by atoms with van der Waals surface area (Å²) >= 11 is 5.92. The summed E-state index contributed by atoms with van der Waals surface area (Å²) in [7, 11) is 0. The van der Waals surface area contributed by atoms with Gasteiger partial charge in [-0.05, 0) is 29.3 Å². The molecule has 3 heteroatoms. The Morgan fingerprint density at radius 1 is 1.13 bits per heavy atom. The van der Waals surface area contributed by atoms with Gasteiger partial charge in [-0.1, -0.05) is 61.0 Å². The number of rotatable bonds is 3. The normalized spacial score (nSPS) is 20.9. The zero-order valence-corrected chi connectivity index (χ0v) is 14.0. The molecular weight excluding hydrogens is 306 g/mol. The molecule has 23 heavy (non-hydrogen) atoms. The van der Waals surface area contributed by atoms with Crippen LogP contribution in [0.2, 0.25) is 5.02 Å². The zero-order chi connectivity index (χ0) is 16.2. The summed E-state index contributed by atoms with van der Waals surface area (Å²) < 4.78 is 0. The molecule has 1 aliphatic rings. The fourth-order valence-electron chi connectivity index (χ4n) is 3.01. The minimum Gasteiger partial charge on any atom is -0.294 e. The topological polar surface area (TPSA) is 20.3 Å². The number of nitrogens with zero attached hydrogens (tertiary/aromatic N) is 1. The van der Waals surface area contributed by atoms with Gasteiger partial charge in [-0.2, -0.15) is 0 Å². The zero-order valence-electron chi connectivity index (χ0n) is 13.2. The molecule has 2 aromatic carbocycles. The lowest BCUT2D eigenvalue weighted by molar-refractivity contribution is -0.121. The molecule has 0 N–H and O–H groups in total. The molecule has 0 spiro atoms. The van der Waals surface area contributed by atoms with Crippen LogP contribution in [0.1, 0.15) is 18.1 Å². The Hall–Kier alpha value is -1.90. The summed E-state index contributed by atoms with van der Waals surface area (Å²) in [6.07, 6.45) is 1.99. The number of Topliss-reactive ketones (excluding diaryl/α,β-unsaturated/α-hetero) is 1. The molecule has 0 aliphatic carbocycles. The minimum atomic E-state index is 0.0333. The van der Waals surface area contributed by atoms with E-state index in [2.05, 4.69) is 29.2 Å². The quantitative estimate of drug-likeness (QED) is 0.777. The van der Waals surface area contributed by atoms with E-state index >= 15 is 0 Å². The van der Waals surface area contributed by atoms with Gasteiger partial charge in [0.1, 0.15) is 0 Å². The van der Waals surface area contributed by atoms with E-state index in [1.165, 1.54) is 5.56 Å². The van der Waals surface area contributed by atoms with Gasteiger partial charge < -0.3 is 0 Å². The highest BCUT2D eigenvalue weighted by Gasteiger charge is 2.27. The van der Waals surface area contributed by atoms with Gasteiger partial charge in [-0.15, -0.1) is 0 Å². The molecule has 1 aliphatic heterocycles. The molecule has 1 fully saturated rings. The van der Waals surface area contributed by atoms with Crippen LogP contribution in [-0.4, -0.2) is 23.8 Å². The van der Waals surface area contributed by atoms with E-state index in [9.17, 15) is 4.79 Å². The van der Waals surface area contributed by atoms with E-state index in [1.807, 2.05) is 43.3 Å². The minimum absolute atomic E-state index is 0.0333. The predicted octanol–water partition coefficient (Wildman–Crippen LogP) is 4.44. The highest BCUT2D eigenvalue weighted by molar-refractivity contribution is 6.30. The van der Waals surface area contributed by atoms with Crippen LogP contribution in [0, 0.1) is 5.92 Å². The maximum Gasteiger partial charge on any atom is 0.164 e. The van der Waals surface area contributed by atoms with Crippen molar-refractivity contribution in [3.8, 4) is 0 Å². The number of carbonyl (C=O) groups excluding carboxylic acids is 1. The lowest BCUT2D eigenvalue weighted by atomic mass is 9.92. The van der Waals surface area contributed by atoms with Gasteiger partial charge in [0.05, 0.1) is 0 Å². The van der Waals surface area contributed by atoms with Crippen molar-refractivity contribution >= 4 is 23.5 Å². The van der Waals surface area contributed by atoms with E-state index < -0.39 is 0 Å². The van der Waals surface area contributed by atoms with Crippen LogP contribution in [0.3, 0.4) is 0 Å². The van der Waals surface area contributed by atoms with E-state index in [0.717, 1.165) is 24.2 Å². The molecule has 118 valence electrons. The molecule has 1 atom stereocenters. The lowest BCUT2D eigenvalue weighted by Gasteiger charge is -2.31. The van der Waals surface area contributed by atoms with Crippen LogP contribution in [0.5, 0.6) is 0 Å². The van der Waals surface area contributed by atoms with Crippen LogP contribution >= 0.6 is 11.6 Å². The Labute approximate surface area is 142 Å². The first-order chi connectivity index (χ1) is 11.1. The van der Waals surface area contributed by atoms with Gasteiger partial charge in [0.2, 0.25) is 0 Å². The van der Waals surface area contributed by atoms with E-state index in [1.54, 1.807) is 0 Å². The summed E-state index contributed by atoms with van der Waals surface area (Å²) in [5.41, 5.74) is 3.17. The second-order valence-corrected chi connectivity index (χ2v) is 6.58. The van der Waals surface area contributed by atoms with Crippen molar-refractivity contribution < 1.29 is 4.79 Å². The number of likely N-dealkylation sites (tertiary alicyclic amines) is 1. The van der Waals surface area contributed by atoms with Crippen molar-refractivity contribution in [2.75, 3.05) is 13.1 Å². The molecule has 1 heterocycles. The lowest BCUT2D eigenvalue weighted by Crippen LogP contribution is -2.40. The summed E-state index contributed by atoms with van der Waals surface area (Å²) in [6.45, 7) is 4.39. The fraction of sp³-hybridized carbons (Fsp3) is 0.250. The average Bonchev–Trinajstić information content (AvgIpc) is 2.55. The van der Waals surface area contributed by atoms with Gasteiger partial charge in [-0.3, -0.25) is 9.69 Å². The summed E-state index contributed by atoms with van der Waals surface area (Å²) in [5.74, 6) is 0.287. The van der Waals surface area contributed by atoms with Crippen LogP contribution in [0.15, 0.2) is 60.2 Å². The molecule has 0 radical (unpaired) electrons. The van der Waals surface area contributed by atoms with Gasteiger partial charge >= 0.3 is 0 Å². The molecule has 0 aromatic heterocycles. The summed E-state index contributed by atoms with van der Waals surface area (Å²) in [6, 6.07) is 18.0. The number of ketones is 1. The molecule has 3 rings (SSSR count). The number of halogens is 1. The van der Waals surface area contributed by atoms with Gasteiger partial charge in [0.25, 0.3) is 0 Å². The third-order valence-corrected chi connectivity index (χ3v) is 4.40. The molecule has 1 saturated heterocycles. The molecule has 1 unspecified atom stereocenters. The van der Waals surface area contributed by atoms with E-state index in [0.29, 0.717) is 11.6 Å². The Morgan fingerprint density at radius 2 is 1.83 bits per heavy atom. The number of benzene rings is 2. The molecular formula is C20H20ClNO. The Balaban J connectivity index is 1.79. The molecule has 0 amide bonds. The van der Waals surface area contributed by atoms with Crippen LogP contribution in [0.25, 0.3) is 6.08 Å². The first kappa shape index (κ1) is 16.0. The highest BCUT2D eigenvalue weighted by atomic mass is 35.5. The second-order valence-electron chi connectivity index (χ2n) is 6.14. The second kappa shape index (κ2) is 7.12. The number of carbonyl (C=O) groups is 1. The fourth-order valence-corrected chi connectivity index (χ4v) is 3.14. The van der Waals surface area contributed by atoms with Gasteiger partial charge in [-0.25, -0.2) is 0 Å². The third kappa shape index (κ3) is 4.10. The monoisotopic (exact) mass is 325 g/mol. The van der Waals surface area contributed by atoms with Crippen molar-refractivity contribution in [2.24, 2.45) is 5.92 Å². The van der Waals surface area contributed by atoms with E-state index in [-0.39, 0.29) is 11.7 Å². The smallest absolute Gasteiger partial charge is 0.164 e. The number of hydrogen-bond donors (Lipinski definition) is 0. The predicted molar refractivity (Wildman–Crippen MR) is 95.3 cm³/mol. The van der Waals surface area contributed by atoms with Crippen molar-refractivity contribution in [1.29, 1.82) is 0 Å². The first-order valence-electron chi connectivity index (χ1n) is 7.88. The summed E-state index contributed by atoms with van der Waals surface area (Å²) in [4.78, 5) is 14.8. The molecule has 0 saturated carbocycles. The van der Waals surface area contributed by atoms with Crippen LogP contribution in [0.4, 0.5) is 0 Å². The third-order valence-electron chi connectivity index (χ3n) is 4.15. The summed E-state index contributed by atoms with van der Waals surface area (Å²) in [5, 5.41) is 0.709. The maximum absolute atomic E-state index is 12.5. The van der Waals surface area contributed by atoms with Crippen molar-refractivity contribution in [2.45, 2.75) is 13.5 Å². The van der Waals surface area contributed by atoms with Crippen LogP contribution < -0.4 is 0 Å².